The van der Waals surface area contributed by atoms with E-state index < -0.39 is 11.6 Å². The van der Waals surface area contributed by atoms with Crippen LogP contribution in [0.25, 0.3) is 0 Å². The highest BCUT2D eigenvalue weighted by molar-refractivity contribution is 5.84. The number of nitrogens with zero attached hydrogens (tertiary/aromatic N) is 1. The Morgan fingerprint density at radius 2 is 2.00 bits per heavy atom. The monoisotopic (exact) mass is 289 g/mol. The number of benzene rings is 1. The van der Waals surface area contributed by atoms with Crippen LogP contribution in [0.3, 0.4) is 0 Å². The molecule has 1 aromatic carbocycles. The van der Waals surface area contributed by atoms with Gasteiger partial charge in [-0.25, -0.2) is 4.79 Å². The van der Waals surface area contributed by atoms with Gasteiger partial charge in [-0.05, 0) is 24.8 Å². The van der Waals surface area contributed by atoms with Crippen molar-refractivity contribution < 1.29 is 19.4 Å². The summed E-state index contributed by atoms with van der Waals surface area (Å²) in [5.41, 5.74) is 0.715. The SMILES string of the molecule is CC1(OCC(=O)O)CN(C(=O)C2CC2c2ccccc2)C1. The molecule has 1 N–H and O–H groups in total. The minimum Gasteiger partial charge on any atom is -0.480 e. The highest BCUT2D eigenvalue weighted by Crippen LogP contribution is 2.49. The number of hydrogen-bond acceptors (Lipinski definition) is 3. The van der Waals surface area contributed by atoms with Gasteiger partial charge in [0.25, 0.3) is 0 Å². The second-order valence-electron chi connectivity index (χ2n) is 6.19. The molecule has 1 aromatic rings. The van der Waals surface area contributed by atoms with Crippen LogP contribution in [0.2, 0.25) is 0 Å². The minimum absolute atomic E-state index is 0.0800. The molecule has 0 aromatic heterocycles. The molecule has 2 atom stereocenters. The van der Waals surface area contributed by atoms with E-state index in [4.69, 9.17) is 9.84 Å². The van der Waals surface area contributed by atoms with Crippen LogP contribution in [0.5, 0.6) is 0 Å². The first-order valence-corrected chi connectivity index (χ1v) is 7.18. The van der Waals surface area contributed by atoms with E-state index in [1.807, 2.05) is 25.1 Å². The number of likely N-dealkylation sites (tertiary alicyclic amines) is 1. The summed E-state index contributed by atoms with van der Waals surface area (Å²) in [4.78, 5) is 24.6. The third-order valence-electron chi connectivity index (χ3n) is 4.24. The van der Waals surface area contributed by atoms with E-state index in [-0.39, 0.29) is 18.4 Å². The van der Waals surface area contributed by atoms with Gasteiger partial charge in [-0.15, -0.1) is 0 Å². The smallest absolute Gasteiger partial charge is 0.329 e. The Kier molecular flexibility index (Phi) is 3.45. The molecule has 1 aliphatic heterocycles. The first-order chi connectivity index (χ1) is 9.98. The molecule has 21 heavy (non-hydrogen) atoms. The van der Waals surface area contributed by atoms with Crippen LogP contribution in [-0.2, 0) is 14.3 Å². The molecule has 1 aliphatic carbocycles. The fourth-order valence-corrected chi connectivity index (χ4v) is 3.02. The highest BCUT2D eigenvalue weighted by atomic mass is 16.5. The number of carbonyl (C=O) groups excluding carboxylic acids is 1. The second-order valence-corrected chi connectivity index (χ2v) is 6.19. The molecule has 2 aliphatic rings. The van der Waals surface area contributed by atoms with Crippen LogP contribution in [-0.4, -0.2) is 47.2 Å². The molecule has 0 radical (unpaired) electrons. The van der Waals surface area contributed by atoms with Crippen molar-refractivity contribution in [3.8, 4) is 0 Å². The lowest BCUT2D eigenvalue weighted by molar-refractivity contribution is -0.174. The minimum atomic E-state index is -0.979. The van der Waals surface area contributed by atoms with Crippen molar-refractivity contribution in [1.82, 2.24) is 4.90 Å². The predicted molar refractivity (Wildman–Crippen MR) is 75.9 cm³/mol. The fourth-order valence-electron chi connectivity index (χ4n) is 3.02. The Hall–Kier alpha value is -1.88. The van der Waals surface area contributed by atoms with Crippen LogP contribution >= 0.6 is 0 Å². The maximum absolute atomic E-state index is 12.4. The lowest BCUT2D eigenvalue weighted by atomic mass is 9.95. The molecule has 5 nitrogen and oxygen atoms in total. The van der Waals surface area contributed by atoms with Crippen molar-refractivity contribution in [3.05, 3.63) is 35.9 Å². The van der Waals surface area contributed by atoms with Gasteiger partial charge in [0.05, 0.1) is 13.1 Å². The van der Waals surface area contributed by atoms with Crippen molar-refractivity contribution in [3.63, 3.8) is 0 Å². The van der Waals surface area contributed by atoms with Crippen LogP contribution in [0, 0.1) is 5.92 Å². The lowest BCUT2D eigenvalue weighted by Crippen LogP contribution is -2.63. The molecule has 5 heteroatoms. The molecule has 1 heterocycles. The first-order valence-electron chi connectivity index (χ1n) is 7.18. The summed E-state index contributed by atoms with van der Waals surface area (Å²) in [5, 5.41) is 8.62. The number of rotatable bonds is 5. The number of amides is 1. The van der Waals surface area contributed by atoms with Gasteiger partial charge in [0.1, 0.15) is 12.2 Å². The van der Waals surface area contributed by atoms with E-state index in [9.17, 15) is 9.59 Å². The van der Waals surface area contributed by atoms with Crippen LogP contribution in [0.15, 0.2) is 30.3 Å². The molecular weight excluding hydrogens is 270 g/mol. The van der Waals surface area contributed by atoms with Crippen LogP contribution < -0.4 is 0 Å². The number of ether oxygens (including phenoxy) is 1. The van der Waals surface area contributed by atoms with E-state index >= 15 is 0 Å². The average Bonchev–Trinajstić information content (AvgIpc) is 3.23. The molecule has 2 unspecified atom stereocenters. The van der Waals surface area contributed by atoms with Gasteiger partial charge in [-0.2, -0.15) is 0 Å². The van der Waals surface area contributed by atoms with Gasteiger partial charge in [-0.3, -0.25) is 4.79 Å². The number of hydrogen-bond donors (Lipinski definition) is 1. The van der Waals surface area contributed by atoms with E-state index in [0.29, 0.717) is 19.0 Å². The third kappa shape index (κ3) is 2.93. The highest BCUT2D eigenvalue weighted by Gasteiger charge is 2.51. The largest absolute Gasteiger partial charge is 0.480 e. The zero-order valence-electron chi connectivity index (χ0n) is 12.0. The van der Waals surface area contributed by atoms with Crippen molar-refractivity contribution in [1.29, 1.82) is 0 Å². The van der Waals surface area contributed by atoms with Crippen molar-refractivity contribution in [2.75, 3.05) is 19.7 Å². The lowest BCUT2D eigenvalue weighted by Gasteiger charge is -2.47. The summed E-state index contributed by atoms with van der Waals surface area (Å²) in [7, 11) is 0. The molecule has 3 rings (SSSR count). The average molecular weight is 289 g/mol. The van der Waals surface area contributed by atoms with E-state index in [1.54, 1.807) is 4.90 Å². The van der Waals surface area contributed by atoms with E-state index in [2.05, 4.69) is 12.1 Å². The Labute approximate surface area is 123 Å². The quantitative estimate of drug-likeness (QED) is 0.892. The maximum atomic E-state index is 12.4. The standard InChI is InChI=1S/C16H19NO4/c1-16(21-8-14(18)19)9-17(10-16)15(20)13-7-12(13)11-5-3-2-4-6-11/h2-6,12-13H,7-10H2,1H3,(H,18,19). The number of carbonyl (C=O) groups is 2. The molecule has 0 bridgehead atoms. The molecule has 0 spiro atoms. The number of carboxylic acids is 1. The topological polar surface area (TPSA) is 66.8 Å². The summed E-state index contributed by atoms with van der Waals surface area (Å²) < 4.78 is 5.33. The summed E-state index contributed by atoms with van der Waals surface area (Å²) in [6.45, 7) is 2.50. The summed E-state index contributed by atoms with van der Waals surface area (Å²) >= 11 is 0. The molecule has 1 amide bonds. The Morgan fingerprint density at radius 3 is 2.62 bits per heavy atom. The number of carboxylic acid groups (broad SMARTS) is 1. The zero-order valence-corrected chi connectivity index (χ0v) is 12.0. The first kappa shape index (κ1) is 14.1. The van der Waals surface area contributed by atoms with Crippen LogP contribution in [0.1, 0.15) is 24.8 Å². The molecule has 2 fully saturated rings. The van der Waals surface area contributed by atoms with E-state index in [1.165, 1.54) is 5.56 Å². The zero-order chi connectivity index (χ0) is 15.0. The van der Waals surface area contributed by atoms with Crippen molar-refractivity contribution in [2.45, 2.75) is 24.9 Å². The Morgan fingerprint density at radius 1 is 1.33 bits per heavy atom. The Bertz CT molecular complexity index is 551. The van der Waals surface area contributed by atoms with E-state index in [0.717, 1.165) is 6.42 Å². The summed E-state index contributed by atoms with van der Waals surface area (Å²) in [6, 6.07) is 10.1. The van der Waals surface area contributed by atoms with Gasteiger partial charge in [0, 0.05) is 5.92 Å². The number of aliphatic carboxylic acids is 1. The predicted octanol–water partition coefficient (Wildman–Crippen LogP) is 1.49. The van der Waals surface area contributed by atoms with Crippen LogP contribution in [0.4, 0.5) is 0 Å². The third-order valence-corrected chi connectivity index (χ3v) is 4.24. The normalized spacial score (nSPS) is 26.0. The van der Waals surface area contributed by atoms with Gasteiger partial charge >= 0.3 is 5.97 Å². The molecule has 112 valence electrons. The summed E-state index contributed by atoms with van der Waals surface area (Å²) in [6.07, 6.45) is 0.909. The molecule has 1 saturated heterocycles. The second kappa shape index (κ2) is 5.15. The molecule has 1 saturated carbocycles. The summed E-state index contributed by atoms with van der Waals surface area (Å²) in [5.74, 6) is -0.394. The van der Waals surface area contributed by atoms with Gasteiger partial charge in [0.2, 0.25) is 5.91 Å². The van der Waals surface area contributed by atoms with Crippen molar-refractivity contribution in [2.24, 2.45) is 5.92 Å². The van der Waals surface area contributed by atoms with Gasteiger partial charge < -0.3 is 14.7 Å². The molecular formula is C16H19NO4. The van der Waals surface area contributed by atoms with Crippen molar-refractivity contribution >= 4 is 11.9 Å². The Balaban J connectivity index is 1.50. The van der Waals surface area contributed by atoms with Gasteiger partial charge in [-0.1, -0.05) is 30.3 Å². The van der Waals surface area contributed by atoms with Gasteiger partial charge in [0.15, 0.2) is 0 Å². The fraction of sp³-hybridized carbons (Fsp3) is 0.500. The maximum Gasteiger partial charge on any atom is 0.329 e.